The number of hydrogen-bond donors (Lipinski definition) is 2. The fourth-order valence-corrected chi connectivity index (χ4v) is 6.09. The summed E-state index contributed by atoms with van der Waals surface area (Å²) in [6.07, 6.45) is -0.506. The van der Waals surface area contributed by atoms with Gasteiger partial charge in [0.05, 0.1) is 31.6 Å². The molecule has 4 rings (SSSR count). The van der Waals surface area contributed by atoms with Crippen LogP contribution in [0.1, 0.15) is 48.2 Å². The summed E-state index contributed by atoms with van der Waals surface area (Å²) in [7, 11) is 1.60. The normalized spacial score (nSPS) is 17.2. The molecule has 1 aliphatic carbocycles. The highest BCUT2D eigenvalue weighted by molar-refractivity contribution is 6.54. The Bertz CT molecular complexity index is 1600. The maximum atomic E-state index is 13.2. The molecule has 3 amide bonds. The van der Waals surface area contributed by atoms with E-state index in [2.05, 4.69) is 10.6 Å². The molecule has 1 fully saturated rings. The van der Waals surface area contributed by atoms with Gasteiger partial charge in [-0.25, -0.2) is 4.79 Å². The van der Waals surface area contributed by atoms with E-state index in [1.54, 1.807) is 71.1 Å². The van der Waals surface area contributed by atoms with Crippen LogP contribution < -0.4 is 15.5 Å². The Hall–Kier alpha value is -2.39. The molecule has 1 saturated carbocycles. The second kappa shape index (κ2) is 12.5. The summed E-state index contributed by atoms with van der Waals surface area (Å²) in [4.78, 5) is 40.2. The van der Waals surface area contributed by atoms with E-state index in [-0.39, 0.29) is 25.7 Å². The monoisotopic (exact) mass is 703 g/mol. The molecule has 7 nitrogen and oxygen atoms in total. The van der Waals surface area contributed by atoms with Crippen molar-refractivity contribution < 1.29 is 19.1 Å². The number of anilines is 3. The Morgan fingerprint density at radius 1 is 0.884 bits per heavy atom. The van der Waals surface area contributed by atoms with E-state index in [1.165, 1.54) is 17.0 Å². The molecule has 0 radical (unpaired) electrons. The lowest BCUT2D eigenvalue weighted by Crippen LogP contribution is -2.34. The van der Waals surface area contributed by atoms with Gasteiger partial charge in [0.25, 0.3) is 5.91 Å². The van der Waals surface area contributed by atoms with Gasteiger partial charge in [0.15, 0.2) is 0 Å². The predicted molar refractivity (Wildman–Crippen MR) is 176 cm³/mol. The van der Waals surface area contributed by atoms with Crippen LogP contribution in [-0.4, -0.2) is 34.9 Å². The fourth-order valence-electron chi connectivity index (χ4n) is 4.44. The fraction of sp³-hybridized carbons (Fsp3) is 0.300. The number of ether oxygens (including phenoxy) is 1. The Labute approximate surface area is 279 Å². The van der Waals surface area contributed by atoms with Crippen LogP contribution in [0.2, 0.25) is 20.1 Å². The third kappa shape index (κ3) is 7.47. The molecular weight excluding hydrogens is 679 g/mol. The molecule has 2 atom stereocenters. The minimum atomic E-state index is -1.40. The van der Waals surface area contributed by atoms with Crippen LogP contribution >= 0.6 is 69.6 Å². The summed E-state index contributed by atoms with van der Waals surface area (Å²) in [5, 5.41) is 6.38. The quantitative estimate of drug-likeness (QED) is 0.198. The van der Waals surface area contributed by atoms with Gasteiger partial charge in [-0.05, 0) is 87.4 Å². The van der Waals surface area contributed by atoms with Crippen molar-refractivity contribution in [3.63, 3.8) is 0 Å². The predicted octanol–water partition coefficient (Wildman–Crippen LogP) is 9.76. The zero-order valence-corrected chi connectivity index (χ0v) is 28.2. The lowest BCUT2D eigenvalue weighted by molar-refractivity contribution is -0.117. The number of nitrogens with zero attached hydrogens (tertiary/aromatic N) is 1. The first-order chi connectivity index (χ1) is 19.9. The lowest BCUT2D eigenvalue weighted by Gasteiger charge is -2.25. The van der Waals surface area contributed by atoms with Crippen LogP contribution in [0.25, 0.3) is 0 Å². The standard InChI is InChI=1S/C30H27Cl6N3O4/c1-14-10-17(39(5)28(42)43-29(2,3)4)7-9-22(14)38-26(40)18-13-16(6-8-19(18)31)37-27(41)24-23(30(24,35)36)15-11-20(32)25(34)21(33)12-15/h6-13,23-24H,1-5H3,(H,37,41)(H,38,40). The number of benzene rings is 3. The Morgan fingerprint density at radius 2 is 1.51 bits per heavy atom. The van der Waals surface area contributed by atoms with Gasteiger partial charge in [-0.3, -0.25) is 14.5 Å². The van der Waals surface area contributed by atoms with Crippen molar-refractivity contribution in [3.8, 4) is 0 Å². The van der Waals surface area contributed by atoms with Crippen LogP contribution in [0.15, 0.2) is 48.5 Å². The van der Waals surface area contributed by atoms with Crippen molar-refractivity contribution in [2.24, 2.45) is 5.92 Å². The van der Waals surface area contributed by atoms with Crippen molar-refractivity contribution in [2.45, 2.75) is 43.5 Å². The smallest absolute Gasteiger partial charge is 0.414 e. The Balaban J connectivity index is 1.47. The molecule has 43 heavy (non-hydrogen) atoms. The summed E-state index contributed by atoms with van der Waals surface area (Å²) in [5.74, 6) is -2.38. The SMILES string of the molecule is Cc1cc(N(C)C(=O)OC(C)(C)C)ccc1NC(=O)c1cc(NC(=O)C2C(c3cc(Cl)c(Cl)c(Cl)c3)C2(Cl)Cl)ccc1Cl. The van der Waals surface area contributed by atoms with E-state index in [4.69, 9.17) is 74.3 Å². The largest absolute Gasteiger partial charge is 0.443 e. The van der Waals surface area contributed by atoms with Crippen molar-refractivity contribution in [3.05, 3.63) is 85.3 Å². The minimum Gasteiger partial charge on any atom is -0.443 e. The number of alkyl halides is 2. The highest BCUT2D eigenvalue weighted by atomic mass is 35.5. The molecule has 3 aromatic rings. The van der Waals surface area contributed by atoms with E-state index in [1.807, 2.05) is 0 Å². The average molecular weight is 706 g/mol. The number of nitrogens with one attached hydrogen (secondary N) is 2. The zero-order chi connectivity index (χ0) is 32.0. The number of carbonyl (C=O) groups is 3. The topological polar surface area (TPSA) is 87.7 Å². The summed E-state index contributed by atoms with van der Waals surface area (Å²) in [6.45, 7) is 7.15. The molecule has 228 valence electrons. The average Bonchev–Trinajstić information content (AvgIpc) is 3.49. The van der Waals surface area contributed by atoms with Gasteiger partial charge in [0.1, 0.15) is 9.93 Å². The highest BCUT2D eigenvalue weighted by Gasteiger charge is 2.67. The molecular formula is C30H27Cl6N3O4. The molecule has 13 heteroatoms. The van der Waals surface area contributed by atoms with Crippen LogP contribution in [0.4, 0.5) is 21.9 Å². The van der Waals surface area contributed by atoms with Crippen LogP contribution in [0.5, 0.6) is 0 Å². The maximum absolute atomic E-state index is 13.2. The van der Waals surface area contributed by atoms with Crippen molar-refractivity contribution in [1.29, 1.82) is 0 Å². The number of rotatable bonds is 6. The van der Waals surface area contributed by atoms with Gasteiger partial charge in [-0.1, -0.05) is 46.4 Å². The summed E-state index contributed by atoms with van der Waals surface area (Å²) in [6, 6.07) is 12.7. The van der Waals surface area contributed by atoms with Gasteiger partial charge in [-0.15, -0.1) is 23.2 Å². The lowest BCUT2D eigenvalue weighted by atomic mass is 10.1. The summed E-state index contributed by atoms with van der Waals surface area (Å²) in [5.41, 5.74) is 2.16. The van der Waals surface area contributed by atoms with Crippen LogP contribution in [-0.2, 0) is 9.53 Å². The van der Waals surface area contributed by atoms with Crippen molar-refractivity contribution in [1.82, 2.24) is 0 Å². The van der Waals surface area contributed by atoms with Gasteiger partial charge >= 0.3 is 6.09 Å². The molecule has 3 aromatic carbocycles. The van der Waals surface area contributed by atoms with Crippen molar-refractivity contribution in [2.75, 3.05) is 22.6 Å². The second-order valence-corrected chi connectivity index (χ2v) is 14.1. The summed E-state index contributed by atoms with van der Waals surface area (Å²) < 4.78 is 4.01. The number of amides is 3. The van der Waals surface area contributed by atoms with E-state index >= 15 is 0 Å². The maximum Gasteiger partial charge on any atom is 0.414 e. The van der Waals surface area contributed by atoms with E-state index in [9.17, 15) is 14.4 Å². The highest BCUT2D eigenvalue weighted by Crippen LogP contribution is 2.65. The first kappa shape index (κ1) is 33.5. The van der Waals surface area contributed by atoms with Crippen LogP contribution in [0, 0.1) is 12.8 Å². The second-order valence-electron chi connectivity index (χ2n) is 11.1. The number of halogens is 6. The molecule has 2 N–H and O–H groups in total. The van der Waals surface area contributed by atoms with E-state index in [0.29, 0.717) is 28.2 Å². The summed E-state index contributed by atoms with van der Waals surface area (Å²) >= 11 is 37.6. The molecule has 0 bridgehead atoms. The molecule has 2 unspecified atom stereocenters. The van der Waals surface area contributed by atoms with Gasteiger partial charge < -0.3 is 15.4 Å². The first-order valence-corrected chi connectivity index (χ1v) is 15.2. The van der Waals surface area contributed by atoms with Gasteiger partial charge in [0, 0.05) is 30.0 Å². The third-order valence-corrected chi connectivity index (χ3v) is 9.16. The Kier molecular flexibility index (Phi) is 9.77. The first-order valence-electron chi connectivity index (χ1n) is 12.9. The Morgan fingerprint density at radius 3 is 2.09 bits per heavy atom. The van der Waals surface area contributed by atoms with E-state index in [0.717, 1.165) is 0 Å². The minimum absolute atomic E-state index is 0.125. The molecule has 0 aliphatic heterocycles. The zero-order valence-electron chi connectivity index (χ0n) is 23.6. The molecule has 1 aliphatic rings. The number of hydrogen-bond acceptors (Lipinski definition) is 4. The molecule has 0 saturated heterocycles. The van der Waals surface area contributed by atoms with Gasteiger partial charge in [0.2, 0.25) is 5.91 Å². The van der Waals surface area contributed by atoms with Crippen LogP contribution in [0.3, 0.4) is 0 Å². The van der Waals surface area contributed by atoms with Gasteiger partial charge in [-0.2, -0.15) is 0 Å². The number of carbonyl (C=O) groups excluding carboxylic acids is 3. The number of aryl methyl sites for hydroxylation is 1. The third-order valence-electron chi connectivity index (χ3n) is 6.69. The molecule has 0 aromatic heterocycles. The van der Waals surface area contributed by atoms with Crippen molar-refractivity contribution >= 4 is 105 Å². The molecule has 0 heterocycles. The van der Waals surface area contributed by atoms with E-state index < -0.39 is 39.7 Å². The molecule has 0 spiro atoms.